The van der Waals surface area contributed by atoms with Crippen LogP contribution in [0.2, 0.25) is 0 Å². The van der Waals surface area contributed by atoms with Crippen molar-refractivity contribution in [1.29, 1.82) is 0 Å². The first-order chi connectivity index (χ1) is 13.6. The number of carbonyl (C=O) groups is 1. The molecule has 0 atom stereocenters. The Morgan fingerprint density at radius 1 is 0.931 bits per heavy atom. The summed E-state index contributed by atoms with van der Waals surface area (Å²) in [6, 6.07) is 7.00. The summed E-state index contributed by atoms with van der Waals surface area (Å²) in [6.07, 6.45) is 4.84. The summed E-state index contributed by atoms with van der Waals surface area (Å²) in [7, 11) is -3.50. The molecule has 1 aromatic rings. The molecule has 0 radical (unpaired) electrons. The smallest absolute Gasteiger partial charge is 0.243 e. The Bertz CT molecular complexity index is 804. The zero-order chi connectivity index (χ0) is 21.2. The average Bonchev–Trinajstić information content (AvgIpc) is 2.94. The highest BCUT2D eigenvalue weighted by Crippen LogP contribution is 2.40. The molecule has 5 nitrogen and oxygen atoms in total. The zero-order valence-corrected chi connectivity index (χ0v) is 19.2. The maximum atomic E-state index is 13.1. The third-order valence-corrected chi connectivity index (χ3v) is 8.64. The van der Waals surface area contributed by atoms with Gasteiger partial charge in [0.05, 0.1) is 4.90 Å². The van der Waals surface area contributed by atoms with Crippen LogP contribution in [0.25, 0.3) is 0 Å². The minimum atomic E-state index is -3.50. The molecule has 0 bridgehead atoms. The Morgan fingerprint density at radius 3 is 2.14 bits per heavy atom. The minimum absolute atomic E-state index is 0.105. The Balaban J connectivity index is 1.60. The molecule has 29 heavy (non-hydrogen) atoms. The van der Waals surface area contributed by atoms with Crippen LogP contribution >= 0.6 is 0 Å². The van der Waals surface area contributed by atoms with Gasteiger partial charge in [0.2, 0.25) is 15.9 Å². The van der Waals surface area contributed by atoms with E-state index in [1.165, 1.54) is 0 Å². The van der Waals surface area contributed by atoms with Gasteiger partial charge in [0, 0.05) is 32.1 Å². The third-order valence-electron chi connectivity index (χ3n) is 6.73. The van der Waals surface area contributed by atoms with E-state index in [2.05, 4.69) is 20.8 Å². The Hall–Kier alpha value is -1.40. The van der Waals surface area contributed by atoms with Gasteiger partial charge in [-0.25, -0.2) is 8.42 Å². The van der Waals surface area contributed by atoms with Crippen LogP contribution < -0.4 is 0 Å². The van der Waals surface area contributed by atoms with Crippen LogP contribution in [0.4, 0.5) is 0 Å². The predicted molar refractivity (Wildman–Crippen MR) is 116 cm³/mol. The number of rotatable bonds is 3. The SMILES string of the molecule is Cc1ccc(S(=O)(=O)N2CCCN(C(=O)C3CCC(C(C)(C)C)CC3)CC2)cc1. The summed E-state index contributed by atoms with van der Waals surface area (Å²) < 4.78 is 27.5. The lowest BCUT2D eigenvalue weighted by Crippen LogP contribution is -2.41. The van der Waals surface area contributed by atoms with E-state index in [-0.39, 0.29) is 11.8 Å². The first-order valence-corrected chi connectivity index (χ1v) is 12.4. The van der Waals surface area contributed by atoms with Crippen molar-refractivity contribution >= 4 is 15.9 Å². The van der Waals surface area contributed by atoms with Gasteiger partial charge >= 0.3 is 0 Å². The van der Waals surface area contributed by atoms with Crippen molar-refractivity contribution in [2.45, 2.75) is 64.7 Å². The number of amides is 1. The first kappa shape index (κ1) is 22.3. The normalized spacial score (nSPS) is 24.9. The highest BCUT2D eigenvalue weighted by Gasteiger charge is 2.35. The lowest BCUT2D eigenvalue weighted by molar-refractivity contribution is -0.137. The summed E-state index contributed by atoms with van der Waals surface area (Å²) in [4.78, 5) is 15.3. The second kappa shape index (κ2) is 8.76. The van der Waals surface area contributed by atoms with E-state index >= 15 is 0 Å². The molecule has 6 heteroatoms. The molecule has 1 aliphatic carbocycles. The van der Waals surface area contributed by atoms with Crippen LogP contribution in [0, 0.1) is 24.2 Å². The average molecular weight is 421 g/mol. The second-order valence-electron chi connectivity index (χ2n) is 9.81. The molecule has 162 valence electrons. The molecule has 1 amide bonds. The minimum Gasteiger partial charge on any atom is -0.341 e. The maximum absolute atomic E-state index is 13.1. The van der Waals surface area contributed by atoms with E-state index in [1.54, 1.807) is 16.4 Å². The van der Waals surface area contributed by atoms with Gasteiger partial charge in [0.25, 0.3) is 0 Å². The number of hydrogen-bond donors (Lipinski definition) is 0. The molecular weight excluding hydrogens is 384 g/mol. The highest BCUT2D eigenvalue weighted by molar-refractivity contribution is 7.89. The second-order valence-corrected chi connectivity index (χ2v) is 11.7. The first-order valence-electron chi connectivity index (χ1n) is 10.9. The molecule has 0 spiro atoms. The Morgan fingerprint density at radius 2 is 1.55 bits per heavy atom. The van der Waals surface area contributed by atoms with E-state index in [9.17, 15) is 13.2 Å². The number of carbonyl (C=O) groups excluding carboxylic acids is 1. The molecule has 1 saturated heterocycles. The fraction of sp³-hybridized carbons (Fsp3) is 0.696. The Kier molecular flexibility index (Phi) is 6.74. The summed E-state index contributed by atoms with van der Waals surface area (Å²) in [5, 5.41) is 0. The molecule has 1 aromatic carbocycles. The summed E-state index contributed by atoms with van der Waals surface area (Å²) in [5.41, 5.74) is 1.35. The van der Waals surface area contributed by atoms with Gasteiger partial charge in [-0.05, 0) is 62.5 Å². The molecule has 2 fully saturated rings. The van der Waals surface area contributed by atoms with E-state index in [1.807, 2.05) is 24.0 Å². The number of benzene rings is 1. The summed E-state index contributed by atoms with van der Waals surface area (Å²) in [6.45, 7) is 10.8. The summed E-state index contributed by atoms with van der Waals surface area (Å²) in [5.74, 6) is 1.02. The Labute approximate surface area is 176 Å². The van der Waals surface area contributed by atoms with Crippen molar-refractivity contribution in [3.63, 3.8) is 0 Å². The molecule has 1 aliphatic heterocycles. The van der Waals surface area contributed by atoms with Crippen molar-refractivity contribution in [3.8, 4) is 0 Å². The van der Waals surface area contributed by atoms with Crippen LogP contribution in [-0.2, 0) is 14.8 Å². The molecule has 1 saturated carbocycles. The quantitative estimate of drug-likeness (QED) is 0.741. The summed E-state index contributed by atoms with van der Waals surface area (Å²) >= 11 is 0. The molecule has 0 unspecified atom stereocenters. The topological polar surface area (TPSA) is 57.7 Å². The molecule has 0 aromatic heterocycles. The molecule has 1 heterocycles. The van der Waals surface area contributed by atoms with Crippen molar-refractivity contribution in [2.24, 2.45) is 17.3 Å². The van der Waals surface area contributed by atoms with Gasteiger partial charge in [-0.2, -0.15) is 4.31 Å². The van der Waals surface area contributed by atoms with Gasteiger partial charge in [-0.1, -0.05) is 38.5 Å². The number of hydrogen-bond acceptors (Lipinski definition) is 3. The van der Waals surface area contributed by atoms with Crippen LogP contribution in [0.3, 0.4) is 0 Å². The van der Waals surface area contributed by atoms with Crippen molar-refractivity contribution in [3.05, 3.63) is 29.8 Å². The lowest BCUT2D eigenvalue weighted by atomic mass is 9.69. The van der Waals surface area contributed by atoms with Crippen LogP contribution in [0.5, 0.6) is 0 Å². The molecule has 0 N–H and O–H groups in total. The number of sulfonamides is 1. The third kappa shape index (κ3) is 5.21. The standard InChI is InChI=1S/C23H36N2O3S/c1-18-6-12-21(13-7-18)29(27,28)25-15-5-14-24(16-17-25)22(26)19-8-10-20(11-9-19)23(2,3)4/h6-7,12-13,19-20H,5,8-11,14-17H2,1-4H3. The molecule has 3 rings (SSSR count). The highest BCUT2D eigenvalue weighted by atomic mass is 32.2. The van der Waals surface area contributed by atoms with Gasteiger partial charge < -0.3 is 4.90 Å². The van der Waals surface area contributed by atoms with E-state index in [0.717, 1.165) is 31.2 Å². The monoisotopic (exact) mass is 420 g/mol. The predicted octanol–water partition coefficient (Wildman–Crippen LogP) is 4.07. The van der Waals surface area contributed by atoms with Crippen molar-refractivity contribution < 1.29 is 13.2 Å². The van der Waals surface area contributed by atoms with Crippen LogP contribution in [0.1, 0.15) is 58.4 Å². The van der Waals surface area contributed by atoms with Crippen LogP contribution in [0.15, 0.2) is 29.2 Å². The maximum Gasteiger partial charge on any atom is 0.243 e. The van der Waals surface area contributed by atoms with Gasteiger partial charge in [0.15, 0.2) is 0 Å². The lowest BCUT2D eigenvalue weighted by Gasteiger charge is -2.37. The van der Waals surface area contributed by atoms with Gasteiger partial charge in [0.1, 0.15) is 0 Å². The number of aryl methyl sites for hydroxylation is 1. The van der Waals surface area contributed by atoms with Crippen molar-refractivity contribution in [1.82, 2.24) is 9.21 Å². The molecular formula is C23H36N2O3S. The zero-order valence-electron chi connectivity index (χ0n) is 18.4. The fourth-order valence-corrected chi connectivity index (χ4v) is 6.15. The van der Waals surface area contributed by atoms with E-state index < -0.39 is 10.0 Å². The van der Waals surface area contributed by atoms with Crippen molar-refractivity contribution in [2.75, 3.05) is 26.2 Å². The van der Waals surface area contributed by atoms with Gasteiger partial charge in [-0.15, -0.1) is 0 Å². The largest absolute Gasteiger partial charge is 0.341 e. The fourth-order valence-electron chi connectivity index (χ4n) is 4.68. The van der Waals surface area contributed by atoms with E-state index in [0.29, 0.717) is 48.8 Å². The van der Waals surface area contributed by atoms with Crippen LogP contribution in [-0.4, -0.2) is 49.7 Å². The van der Waals surface area contributed by atoms with E-state index in [4.69, 9.17) is 0 Å². The number of nitrogens with zero attached hydrogens (tertiary/aromatic N) is 2. The molecule has 2 aliphatic rings. The van der Waals surface area contributed by atoms with Gasteiger partial charge in [-0.3, -0.25) is 4.79 Å².